The molecule has 2 aromatic rings. The van der Waals surface area contributed by atoms with Gasteiger partial charge >= 0.3 is 0 Å². The molecule has 4 heteroatoms. The molecule has 0 aliphatic carbocycles. The minimum atomic E-state index is -0.00518. The highest BCUT2D eigenvalue weighted by Crippen LogP contribution is 2.34. The number of carbonyl (C=O) groups excluding carboxylic acids is 1. The van der Waals surface area contributed by atoms with E-state index in [4.69, 9.17) is 16.0 Å². The van der Waals surface area contributed by atoms with Crippen molar-refractivity contribution in [3.05, 3.63) is 45.6 Å². The zero-order valence-corrected chi connectivity index (χ0v) is 11.5. The first kappa shape index (κ1) is 12.4. The van der Waals surface area contributed by atoms with Gasteiger partial charge in [-0.05, 0) is 40.2 Å². The highest BCUT2D eigenvalue weighted by molar-refractivity contribution is 9.10. The standard InChI is InChI=1S/C13H10BrClO2/c1-2-10(16)12-7-6-11(17-12)8-4-3-5-9(15)13(8)14/h3-7H,2H2,1H3. The molecule has 0 spiro atoms. The van der Waals surface area contributed by atoms with E-state index in [1.165, 1.54) is 0 Å². The van der Waals surface area contributed by atoms with Gasteiger partial charge in [-0.15, -0.1) is 0 Å². The first-order valence-electron chi connectivity index (χ1n) is 5.21. The molecule has 0 saturated heterocycles. The summed E-state index contributed by atoms with van der Waals surface area (Å²) >= 11 is 9.41. The monoisotopic (exact) mass is 312 g/mol. The number of rotatable bonds is 3. The van der Waals surface area contributed by atoms with Gasteiger partial charge in [0.05, 0.1) is 5.02 Å². The van der Waals surface area contributed by atoms with Gasteiger partial charge in [-0.1, -0.05) is 24.6 Å². The number of halogens is 2. The minimum absolute atomic E-state index is 0.00518. The lowest BCUT2D eigenvalue weighted by molar-refractivity contribution is 0.0962. The zero-order chi connectivity index (χ0) is 12.4. The Morgan fingerprint density at radius 2 is 2.12 bits per heavy atom. The van der Waals surface area contributed by atoms with Crippen LogP contribution in [0.4, 0.5) is 0 Å². The van der Waals surface area contributed by atoms with Crippen molar-refractivity contribution in [2.75, 3.05) is 0 Å². The summed E-state index contributed by atoms with van der Waals surface area (Å²) < 4.78 is 6.29. The highest BCUT2D eigenvalue weighted by Gasteiger charge is 2.13. The van der Waals surface area contributed by atoms with Crippen LogP contribution in [0.3, 0.4) is 0 Å². The highest BCUT2D eigenvalue weighted by atomic mass is 79.9. The van der Waals surface area contributed by atoms with Crippen LogP contribution in [0.1, 0.15) is 23.9 Å². The van der Waals surface area contributed by atoms with E-state index in [9.17, 15) is 4.79 Å². The summed E-state index contributed by atoms with van der Waals surface area (Å²) in [5.41, 5.74) is 0.840. The second-order valence-corrected chi connectivity index (χ2v) is 4.74. The fourth-order valence-corrected chi connectivity index (χ4v) is 2.14. The zero-order valence-electron chi connectivity index (χ0n) is 9.17. The van der Waals surface area contributed by atoms with Crippen LogP contribution in [0.5, 0.6) is 0 Å². The predicted molar refractivity (Wildman–Crippen MR) is 71.5 cm³/mol. The van der Waals surface area contributed by atoms with Gasteiger partial charge in [-0.2, -0.15) is 0 Å². The van der Waals surface area contributed by atoms with Crippen LogP contribution in [0.2, 0.25) is 5.02 Å². The van der Waals surface area contributed by atoms with Crippen LogP contribution in [-0.4, -0.2) is 5.78 Å². The van der Waals surface area contributed by atoms with Crippen LogP contribution >= 0.6 is 27.5 Å². The maximum atomic E-state index is 11.5. The third-order valence-electron chi connectivity index (χ3n) is 2.42. The molecule has 0 fully saturated rings. The molecule has 17 heavy (non-hydrogen) atoms. The fraction of sp³-hybridized carbons (Fsp3) is 0.154. The molecule has 1 aromatic heterocycles. The van der Waals surface area contributed by atoms with Gasteiger partial charge in [0.25, 0.3) is 0 Å². The first-order chi connectivity index (χ1) is 8.13. The van der Waals surface area contributed by atoms with Gasteiger partial charge in [0, 0.05) is 16.5 Å². The molecule has 1 heterocycles. The van der Waals surface area contributed by atoms with Crippen LogP contribution in [0.15, 0.2) is 39.2 Å². The molecule has 2 nitrogen and oxygen atoms in total. The maximum Gasteiger partial charge on any atom is 0.197 e. The smallest absolute Gasteiger partial charge is 0.197 e. The van der Waals surface area contributed by atoms with Gasteiger partial charge in [-0.3, -0.25) is 4.79 Å². The number of Topliss-reactive ketones (excluding diaryl/α,β-unsaturated/α-hetero) is 1. The Hall–Kier alpha value is -1.06. The average molecular weight is 314 g/mol. The van der Waals surface area contributed by atoms with Gasteiger partial charge in [0.1, 0.15) is 5.76 Å². The predicted octanol–water partition coefficient (Wildman–Crippen LogP) is 4.96. The molecule has 0 aliphatic rings. The molecule has 0 bridgehead atoms. The molecule has 0 radical (unpaired) electrons. The molecule has 88 valence electrons. The Balaban J connectivity index is 2.44. The normalized spacial score (nSPS) is 10.5. The van der Waals surface area contributed by atoms with Crippen LogP contribution < -0.4 is 0 Å². The Labute approximate surface area is 113 Å². The lowest BCUT2D eigenvalue weighted by atomic mass is 10.2. The molecular weight excluding hydrogens is 303 g/mol. The van der Waals surface area contributed by atoms with Crippen molar-refractivity contribution in [2.24, 2.45) is 0 Å². The van der Waals surface area contributed by atoms with Crippen LogP contribution in [0, 0.1) is 0 Å². The van der Waals surface area contributed by atoms with E-state index in [0.29, 0.717) is 23.0 Å². The van der Waals surface area contributed by atoms with E-state index in [2.05, 4.69) is 15.9 Å². The van der Waals surface area contributed by atoms with Crippen molar-refractivity contribution in [1.82, 2.24) is 0 Å². The molecule has 0 amide bonds. The van der Waals surface area contributed by atoms with E-state index in [1.54, 1.807) is 25.1 Å². The van der Waals surface area contributed by atoms with E-state index in [0.717, 1.165) is 10.0 Å². The van der Waals surface area contributed by atoms with Gasteiger partial charge < -0.3 is 4.42 Å². The van der Waals surface area contributed by atoms with Crippen molar-refractivity contribution < 1.29 is 9.21 Å². The molecule has 0 aliphatic heterocycles. The molecular formula is C13H10BrClO2. The van der Waals surface area contributed by atoms with Gasteiger partial charge in [0.15, 0.2) is 11.5 Å². The second kappa shape index (κ2) is 5.07. The number of furan rings is 1. The SMILES string of the molecule is CCC(=O)c1ccc(-c2cccc(Cl)c2Br)o1. The molecule has 2 rings (SSSR count). The van der Waals surface area contributed by atoms with Crippen molar-refractivity contribution in [1.29, 1.82) is 0 Å². The number of benzene rings is 1. The third-order valence-corrected chi connectivity index (χ3v) is 3.82. The molecule has 0 N–H and O–H groups in total. The lowest BCUT2D eigenvalue weighted by Gasteiger charge is -2.02. The van der Waals surface area contributed by atoms with E-state index < -0.39 is 0 Å². The summed E-state index contributed by atoms with van der Waals surface area (Å²) in [5.74, 6) is 1.01. The van der Waals surface area contributed by atoms with Gasteiger partial charge in [-0.25, -0.2) is 0 Å². The fourth-order valence-electron chi connectivity index (χ4n) is 1.50. The van der Waals surface area contributed by atoms with Gasteiger partial charge in [0.2, 0.25) is 0 Å². The van der Waals surface area contributed by atoms with E-state index in [-0.39, 0.29) is 5.78 Å². The molecule has 0 atom stereocenters. The summed E-state index contributed by atoms with van der Waals surface area (Å²) in [6.07, 6.45) is 0.434. The first-order valence-corrected chi connectivity index (χ1v) is 6.38. The summed E-state index contributed by atoms with van der Waals surface area (Å²) in [6, 6.07) is 8.98. The topological polar surface area (TPSA) is 30.2 Å². The summed E-state index contributed by atoms with van der Waals surface area (Å²) in [4.78, 5) is 11.5. The van der Waals surface area contributed by atoms with Crippen LogP contribution in [-0.2, 0) is 0 Å². The Morgan fingerprint density at radius 1 is 1.35 bits per heavy atom. The average Bonchev–Trinajstić information content (AvgIpc) is 2.81. The summed E-state index contributed by atoms with van der Waals surface area (Å²) in [7, 11) is 0. The van der Waals surface area contributed by atoms with Crippen molar-refractivity contribution in [3.63, 3.8) is 0 Å². The van der Waals surface area contributed by atoms with E-state index in [1.807, 2.05) is 12.1 Å². The number of ketones is 1. The number of hydrogen-bond acceptors (Lipinski definition) is 2. The molecule has 0 saturated carbocycles. The summed E-state index contributed by atoms with van der Waals surface area (Å²) in [5, 5.41) is 0.613. The minimum Gasteiger partial charge on any atom is -0.453 e. The van der Waals surface area contributed by atoms with Crippen molar-refractivity contribution >= 4 is 33.3 Å². The molecule has 0 unspecified atom stereocenters. The van der Waals surface area contributed by atoms with Crippen molar-refractivity contribution in [3.8, 4) is 11.3 Å². The quantitative estimate of drug-likeness (QED) is 0.750. The Morgan fingerprint density at radius 3 is 2.82 bits per heavy atom. The molecule has 1 aromatic carbocycles. The third kappa shape index (κ3) is 2.45. The lowest BCUT2D eigenvalue weighted by Crippen LogP contribution is -1.92. The maximum absolute atomic E-state index is 11.5. The van der Waals surface area contributed by atoms with Crippen molar-refractivity contribution in [2.45, 2.75) is 13.3 Å². The summed E-state index contributed by atoms with van der Waals surface area (Å²) in [6.45, 7) is 1.81. The largest absolute Gasteiger partial charge is 0.453 e. The van der Waals surface area contributed by atoms with E-state index >= 15 is 0 Å². The number of hydrogen-bond donors (Lipinski definition) is 0. The Kier molecular flexibility index (Phi) is 3.69. The number of carbonyl (C=O) groups is 1. The van der Waals surface area contributed by atoms with Crippen LogP contribution in [0.25, 0.3) is 11.3 Å². The second-order valence-electron chi connectivity index (χ2n) is 3.54. The Bertz CT molecular complexity index is 560.